The molecule has 2 aliphatic heterocycles. The van der Waals surface area contributed by atoms with Gasteiger partial charge in [-0.2, -0.15) is 0 Å². The third kappa shape index (κ3) is 4.22. The minimum Gasteiger partial charge on any atom is -0.317 e. The molecule has 1 atom stereocenters. The van der Waals surface area contributed by atoms with E-state index in [2.05, 4.69) is 30.1 Å². The third-order valence-electron chi connectivity index (χ3n) is 5.77. The number of nitrogens with zero attached hydrogens (tertiary/aromatic N) is 1. The van der Waals surface area contributed by atoms with Gasteiger partial charge in [0.1, 0.15) is 0 Å². The van der Waals surface area contributed by atoms with Gasteiger partial charge in [-0.15, -0.1) is 0 Å². The lowest BCUT2D eigenvalue weighted by molar-refractivity contribution is 0.0194. The van der Waals surface area contributed by atoms with E-state index in [1.165, 1.54) is 51.0 Å². The molecular formula is C19H28Cl2N2. The summed E-state index contributed by atoms with van der Waals surface area (Å²) in [5.41, 5.74) is 1.66. The zero-order chi connectivity index (χ0) is 16.4. The second kappa shape index (κ2) is 7.31. The van der Waals surface area contributed by atoms with Gasteiger partial charge in [-0.3, -0.25) is 4.90 Å². The van der Waals surface area contributed by atoms with E-state index < -0.39 is 0 Å². The van der Waals surface area contributed by atoms with Gasteiger partial charge in [-0.1, -0.05) is 43.1 Å². The molecule has 2 saturated heterocycles. The molecule has 1 N–H and O–H groups in total. The van der Waals surface area contributed by atoms with Crippen molar-refractivity contribution in [1.82, 2.24) is 10.2 Å². The number of rotatable bonds is 3. The predicted octanol–water partition coefficient (Wildman–Crippen LogP) is 4.64. The Bertz CT molecular complexity index is 538. The largest absolute Gasteiger partial charge is 0.317 e. The van der Waals surface area contributed by atoms with Crippen molar-refractivity contribution < 1.29 is 0 Å². The lowest BCUT2D eigenvalue weighted by atomic mass is 9.70. The molecule has 2 fully saturated rings. The Hall–Kier alpha value is -0.280. The van der Waals surface area contributed by atoms with Crippen molar-refractivity contribution in [3.63, 3.8) is 0 Å². The predicted molar refractivity (Wildman–Crippen MR) is 99.5 cm³/mol. The highest BCUT2D eigenvalue weighted by Gasteiger charge is 2.38. The number of hydrogen-bond donors (Lipinski definition) is 1. The Morgan fingerprint density at radius 2 is 1.87 bits per heavy atom. The van der Waals surface area contributed by atoms with Crippen molar-refractivity contribution in [3.05, 3.63) is 33.8 Å². The Morgan fingerprint density at radius 3 is 2.52 bits per heavy atom. The van der Waals surface area contributed by atoms with Crippen LogP contribution in [-0.2, 0) is 6.42 Å². The molecule has 0 amide bonds. The summed E-state index contributed by atoms with van der Waals surface area (Å²) in [4.78, 5) is 2.74. The number of halogens is 2. The van der Waals surface area contributed by atoms with Gasteiger partial charge in [-0.25, -0.2) is 0 Å². The van der Waals surface area contributed by atoms with Gasteiger partial charge in [0.05, 0.1) is 10.0 Å². The molecule has 1 aromatic rings. The Kier molecular flexibility index (Phi) is 5.57. The summed E-state index contributed by atoms with van der Waals surface area (Å²) in [7, 11) is 0. The smallest absolute Gasteiger partial charge is 0.0595 e. The number of likely N-dealkylation sites (tertiary alicyclic amines) is 1. The molecule has 0 aromatic heterocycles. The van der Waals surface area contributed by atoms with Crippen LogP contribution in [0.2, 0.25) is 10.0 Å². The summed E-state index contributed by atoms with van der Waals surface area (Å²) >= 11 is 12.2. The number of benzene rings is 1. The van der Waals surface area contributed by atoms with E-state index in [4.69, 9.17) is 23.2 Å². The van der Waals surface area contributed by atoms with E-state index in [0.29, 0.717) is 21.4 Å². The highest BCUT2D eigenvalue weighted by atomic mass is 35.5. The second-order valence-electron chi connectivity index (χ2n) is 7.88. The molecule has 2 heterocycles. The SMILES string of the molecule is CC1(C)CN(C2CCNCC2)CCC1Cc1ccc(Cl)c(Cl)c1. The Labute approximate surface area is 150 Å². The normalized spacial score (nSPS) is 26.3. The quantitative estimate of drug-likeness (QED) is 0.850. The summed E-state index contributed by atoms with van der Waals surface area (Å²) in [5, 5.41) is 4.80. The molecule has 0 radical (unpaired) electrons. The van der Waals surface area contributed by atoms with Crippen molar-refractivity contribution in [2.24, 2.45) is 11.3 Å². The van der Waals surface area contributed by atoms with Gasteiger partial charge in [0.25, 0.3) is 0 Å². The van der Waals surface area contributed by atoms with Gasteiger partial charge in [0, 0.05) is 12.6 Å². The third-order valence-corrected chi connectivity index (χ3v) is 6.51. The van der Waals surface area contributed by atoms with Crippen LogP contribution in [-0.4, -0.2) is 37.1 Å². The minimum absolute atomic E-state index is 0.342. The van der Waals surface area contributed by atoms with Crippen LogP contribution in [0.4, 0.5) is 0 Å². The number of hydrogen-bond acceptors (Lipinski definition) is 2. The molecule has 3 rings (SSSR count). The first-order valence-electron chi connectivity index (χ1n) is 8.84. The fourth-order valence-corrected chi connectivity index (χ4v) is 4.58. The van der Waals surface area contributed by atoms with Gasteiger partial charge >= 0.3 is 0 Å². The van der Waals surface area contributed by atoms with Crippen LogP contribution < -0.4 is 5.32 Å². The summed E-state index contributed by atoms with van der Waals surface area (Å²) in [5.74, 6) is 0.706. The molecule has 0 spiro atoms. The number of nitrogens with one attached hydrogen (secondary N) is 1. The average molecular weight is 355 g/mol. The van der Waals surface area contributed by atoms with Gasteiger partial charge < -0.3 is 5.32 Å². The summed E-state index contributed by atoms with van der Waals surface area (Å²) in [6, 6.07) is 6.88. The van der Waals surface area contributed by atoms with E-state index in [-0.39, 0.29) is 0 Å². The summed E-state index contributed by atoms with van der Waals surface area (Å²) in [6.07, 6.45) is 4.97. The molecular weight excluding hydrogens is 327 g/mol. The lowest BCUT2D eigenvalue weighted by Gasteiger charge is -2.48. The van der Waals surface area contributed by atoms with Gasteiger partial charge in [0.15, 0.2) is 0 Å². The van der Waals surface area contributed by atoms with Crippen molar-refractivity contribution in [2.75, 3.05) is 26.2 Å². The molecule has 0 aliphatic carbocycles. The summed E-state index contributed by atoms with van der Waals surface area (Å²) < 4.78 is 0. The van der Waals surface area contributed by atoms with Crippen molar-refractivity contribution >= 4 is 23.2 Å². The van der Waals surface area contributed by atoms with Crippen LogP contribution in [0.1, 0.15) is 38.7 Å². The van der Waals surface area contributed by atoms with Crippen LogP contribution in [0.25, 0.3) is 0 Å². The maximum Gasteiger partial charge on any atom is 0.0595 e. The van der Waals surface area contributed by atoms with Crippen LogP contribution in [0.3, 0.4) is 0 Å². The van der Waals surface area contributed by atoms with Crippen LogP contribution in [0.15, 0.2) is 18.2 Å². The zero-order valence-electron chi connectivity index (χ0n) is 14.2. The minimum atomic E-state index is 0.342. The lowest BCUT2D eigenvalue weighted by Crippen LogP contribution is -2.52. The average Bonchev–Trinajstić information content (AvgIpc) is 2.53. The second-order valence-corrected chi connectivity index (χ2v) is 8.69. The van der Waals surface area contributed by atoms with Crippen LogP contribution in [0, 0.1) is 11.3 Å². The first-order chi connectivity index (χ1) is 11.0. The maximum absolute atomic E-state index is 6.18. The van der Waals surface area contributed by atoms with Crippen LogP contribution >= 0.6 is 23.2 Å². The standard InChI is InChI=1S/C19H28Cl2N2/c1-19(2)13-23(16-5-8-22-9-6-16)10-7-15(19)11-14-3-4-17(20)18(21)12-14/h3-4,12,15-16,22H,5-11,13H2,1-2H3. The van der Waals surface area contributed by atoms with E-state index >= 15 is 0 Å². The highest BCUT2D eigenvalue weighted by molar-refractivity contribution is 6.42. The van der Waals surface area contributed by atoms with Crippen molar-refractivity contribution in [2.45, 2.75) is 45.6 Å². The van der Waals surface area contributed by atoms with Crippen molar-refractivity contribution in [3.8, 4) is 0 Å². The molecule has 0 bridgehead atoms. The molecule has 1 aromatic carbocycles. The molecule has 23 heavy (non-hydrogen) atoms. The fraction of sp³-hybridized carbons (Fsp3) is 0.684. The zero-order valence-corrected chi connectivity index (χ0v) is 15.8. The topological polar surface area (TPSA) is 15.3 Å². The first-order valence-corrected chi connectivity index (χ1v) is 9.60. The molecule has 4 heteroatoms. The molecule has 2 nitrogen and oxygen atoms in total. The van der Waals surface area contributed by atoms with E-state index in [0.717, 1.165) is 12.5 Å². The Morgan fingerprint density at radius 1 is 1.13 bits per heavy atom. The van der Waals surface area contributed by atoms with E-state index in [1.807, 2.05) is 12.1 Å². The first kappa shape index (κ1) is 17.5. The Balaban J connectivity index is 1.64. The monoisotopic (exact) mass is 354 g/mol. The maximum atomic E-state index is 6.18. The molecule has 128 valence electrons. The molecule has 0 saturated carbocycles. The molecule has 2 aliphatic rings. The van der Waals surface area contributed by atoms with Crippen molar-refractivity contribution in [1.29, 1.82) is 0 Å². The fourth-order valence-electron chi connectivity index (χ4n) is 4.26. The number of piperidine rings is 2. The van der Waals surface area contributed by atoms with Crippen LogP contribution in [0.5, 0.6) is 0 Å². The summed E-state index contributed by atoms with van der Waals surface area (Å²) in [6.45, 7) is 9.66. The molecule has 1 unspecified atom stereocenters. The van der Waals surface area contributed by atoms with E-state index in [9.17, 15) is 0 Å². The highest BCUT2D eigenvalue weighted by Crippen LogP contribution is 2.39. The van der Waals surface area contributed by atoms with Gasteiger partial charge in [-0.05, 0) is 74.3 Å². The van der Waals surface area contributed by atoms with Gasteiger partial charge in [0.2, 0.25) is 0 Å². The van der Waals surface area contributed by atoms with E-state index in [1.54, 1.807) is 0 Å².